The number of hydrogen-bond donors (Lipinski definition) is 0. The van der Waals surface area contributed by atoms with Gasteiger partial charge in [0.2, 0.25) is 0 Å². The van der Waals surface area contributed by atoms with Crippen LogP contribution in [0.2, 0.25) is 0 Å². The molecule has 0 saturated heterocycles. The minimum Gasteiger partial charge on any atom is -0.500 e. The van der Waals surface area contributed by atoms with Crippen molar-refractivity contribution < 1.29 is 13.6 Å². The van der Waals surface area contributed by atoms with Crippen LogP contribution in [0.25, 0.3) is 0 Å². The van der Waals surface area contributed by atoms with Crippen LogP contribution in [-0.2, 0) is 13.6 Å². The maximum Gasteiger partial charge on any atom is 0.435 e. The van der Waals surface area contributed by atoms with Crippen LogP contribution < -0.4 is 0 Å². The van der Waals surface area contributed by atoms with Gasteiger partial charge >= 0.3 is 8.56 Å². The molecule has 0 fully saturated rings. The van der Waals surface area contributed by atoms with Gasteiger partial charge < -0.3 is 13.6 Å². The normalized spacial score (nSPS) is 20.1. The molecule has 0 atom stereocenters. The molecule has 0 spiro atoms. The summed E-state index contributed by atoms with van der Waals surface area (Å²) in [5.74, 6) is 0. The zero-order valence-corrected chi connectivity index (χ0v) is 7.96. The molecule has 0 aliphatic carbocycles. The highest BCUT2D eigenvalue weighted by molar-refractivity contribution is 6.80. The van der Waals surface area contributed by atoms with Crippen molar-refractivity contribution in [1.29, 1.82) is 0 Å². The Morgan fingerprint density at radius 2 is 1.82 bits per heavy atom. The molecule has 0 bridgehead atoms. The maximum absolute atomic E-state index is 5.29. The zero-order chi connectivity index (χ0) is 8.32. The van der Waals surface area contributed by atoms with Crippen LogP contribution in [-0.4, -0.2) is 29.9 Å². The van der Waals surface area contributed by atoms with Gasteiger partial charge in [-0.15, -0.1) is 0 Å². The molecule has 4 heteroatoms. The van der Waals surface area contributed by atoms with Crippen LogP contribution in [0.3, 0.4) is 0 Å². The Hall–Kier alpha value is -0.583. The van der Waals surface area contributed by atoms with Crippen molar-refractivity contribution in [3.05, 3.63) is 23.2 Å². The first-order valence-electron chi connectivity index (χ1n) is 3.33. The fraction of sp³-hybridized carbons (Fsp3) is 0.429. The first-order valence-corrected chi connectivity index (χ1v) is 5.22. The van der Waals surface area contributed by atoms with E-state index in [0.717, 1.165) is 5.38 Å². The van der Waals surface area contributed by atoms with E-state index in [-0.39, 0.29) is 0 Å². The highest BCUT2D eigenvalue weighted by Gasteiger charge is 2.41. The van der Waals surface area contributed by atoms with Crippen molar-refractivity contribution in [2.75, 3.05) is 21.3 Å². The van der Waals surface area contributed by atoms with Crippen LogP contribution in [0.1, 0.15) is 0 Å². The van der Waals surface area contributed by atoms with Crippen molar-refractivity contribution in [1.82, 2.24) is 0 Å². The van der Waals surface area contributed by atoms with E-state index >= 15 is 0 Å². The summed E-state index contributed by atoms with van der Waals surface area (Å²) in [6.45, 7) is 0. The maximum atomic E-state index is 5.29. The van der Waals surface area contributed by atoms with Crippen molar-refractivity contribution in [2.24, 2.45) is 0 Å². The molecule has 1 rings (SSSR count). The Balaban J connectivity index is 2.83. The number of hydrogen-bond acceptors (Lipinski definition) is 3. The second kappa shape index (κ2) is 3.21. The molecule has 1 aliphatic heterocycles. The van der Waals surface area contributed by atoms with E-state index in [4.69, 9.17) is 13.6 Å². The molecule has 1 heterocycles. The highest BCUT2D eigenvalue weighted by Crippen LogP contribution is 2.23. The smallest absolute Gasteiger partial charge is 0.435 e. The molecule has 0 radical (unpaired) electrons. The van der Waals surface area contributed by atoms with E-state index in [0.29, 0.717) is 0 Å². The Labute approximate surface area is 67.5 Å². The lowest BCUT2D eigenvalue weighted by Crippen LogP contribution is -2.40. The first-order chi connectivity index (χ1) is 5.29. The molecule has 0 amide bonds. The topological polar surface area (TPSA) is 27.7 Å². The summed E-state index contributed by atoms with van der Waals surface area (Å²) in [5.41, 5.74) is 1.94. The predicted molar refractivity (Wildman–Crippen MR) is 44.0 cm³/mol. The molecule has 0 N–H and O–H groups in total. The number of rotatable bonds is 3. The van der Waals surface area contributed by atoms with E-state index in [1.165, 1.54) is 0 Å². The Morgan fingerprint density at radius 1 is 1.18 bits per heavy atom. The van der Waals surface area contributed by atoms with Gasteiger partial charge in [0.05, 0.1) is 7.11 Å². The summed E-state index contributed by atoms with van der Waals surface area (Å²) in [6, 6.07) is 0. The molecule has 0 aromatic rings. The van der Waals surface area contributed by atoms with Crippen LogP contribution in [0.5, 0.6) is 0 Å². The number of ether oxygens (including phenoxy) is 1. The minimum atomic E-state index is -2.25. The third-order valence-corrected chi connectivity index (χ3v) is 4.64. The van der Waals surface area contributed by atoms with Crippen LogP contribution in [0.4, 0.5) is 0 Å². The lowest BCUT2D eigenvalue weighted by molar-refractivity contribution is 0.220. The van der Waals surface area contributed by atoms with Crippen LogP contribution in [0, 0.1) is 0 Å². The van der Waals surface area contributed by atoms with Crippen molar-refractivity contribution in [3.8, 4) is 0 Å². The van der Waals surface area contributed by atoms with Crippen molar-refractivity contribution in [2.45, 2.75) is 0 Å². The second-order valence-corrected chi connectivity index (χ2v) is 5.15. The van der Waals surface area contributed by atoms with Crippen molar-refractivity contribution >= 4 is 8.56 Å². The SMILES string of the molecule is COC1=CC=C[Si]1(OC)OC. The monoisotopic (exact) mass is 172 g/mol. The molecule has 62 valence electrons. The quantitative estimate of drug-likeness (QED) is 0.592. The highest BCUT2D eigenvalue weighted by atomic mass is 28.4. The summed E-state index contributed by atoms with van der Waals surface area (Å²) in [5, 5.41) is 0.808. The molecule has 3 nitrogen and oxygen atoms in total. The molecule has 0 aromatic carbocycles. The second-order valence-electron chi connectivity index (χ2n) is 2.17. The lowest BCUT2D eigenvalue weighted by atomic mass is 10.6. The Bertz CT molecular complexity index is 194. The van der Waals surface area contributed by atoms with Gasteiger partial charge in [0.15, 0.2) is 0 Å². The average molecular weight is 172 g/mol. The van der Waals surface area contributed by atoms with Gasteiger partial charge in [-0.05, 0) is 11.8 Å². The van der Waals surface area contributed by atoms with Gasteiger partial charge in [0.1, 0.15) is 5.38 Å². The fourth-order valence-electron chi connectivity index (χ4n) is 1.09. The van der Waals surface area contributed by atoms with Gasteiger partial charge in [-0.2, -0.15) is 0 Å². The summed E-state index contributed by atoms with van der Waals surface area (Å²) < 4.78 is 15.7. The Kier molecular flexibility index (Phi) is 2.48. The summed E-state index contributed by atoms with van der Waals surface area (Å²) in [4.78, 5) is 0. The zero-order valence-electron chi connectivity index (χ0n) is 6.96. The number of allylic oxidation sites excluding steroid dienone is 2. The average Bonchev–Trinajstić information content (AvgIpc) is 2.47. The molecule has 0 saturated carbocycles. The Morgan fingerprint density at radius 3 is 2.18 bits per heavy atom. The minimum absolute atomic E-state index is 0.808. The first kappa shape index (κ1) is 8.51. The van der Waals surface area contributed by atoms with Crippen molar-refractivity contribution in [3.63, 3.8) is 0 Å². The number of methoxy groups -OCH3 is 1. The standard InChI is InChI=1S/C7H12O3Si/c1-8-7-5-4-6-11(7,9-2)10-3/h4-6H,1-3H3. The van der Waals surface area contributed by atoms with Gasteiger partial charge in [0, 0.05) is 14.2 Å². The van der Waals surface area contributed by atoms with Gasteiger partial charge in [0.25, 0.3) is 0 Å². The molecule has 0 unspecified atom stereocenters. The molecule has 0 aromatic heterocycles. The van der Waals surface area contributed by atoms with E-state index < -0.39 is 8.56 Å². The lowest BCUT2D eigenvalue weighted by Gasteiger charge is -2.22. The third-order valence-electron chi connectivity index (χ3n) is 1.73. The summed E-state index contributed by atoms with van der Waals surface area (Å²) in [6.07, 6.45) is 3.78. The van der Waals surface area contributed by atoms with Gasteiger partial charge in [-0.25, -0.2) is 0 Å². The van der Waals surface area contributed by atoms with E-state index in [9.17, 15) is 0 Å². The molecular formula is C7H12O3Si. The van der Waals surface area contributed by atoms with E-state index in [2.05, 4.69) is 0 Å². The summed E-state index contributed by atoms with van der Waals surface area (Å²) in [7, 11) is 2.65. The van der Waals surface area contributed by atoms with Gasteiger partial charge in [-0.3, -0.25) is 0 Å². The molecule has 11 heavy (non-hydrogen) atoms. The van der Waals surface area contributed by atoms with Gasteiger partial charge in [-0.1, -0.05) is 6.08 Å². The largest absolute Gasteiger partial charge is 0.500 e. The predicted octanol–water partition coefficient (Wildman–Crippen LogP) is 0.900. The van der Waals surface area contributed by atoms with E-state index in [1.807, 2.05) is 17.9 Å². The van der Waals surface area contributed by atoms with E-state index in [1.54, 1.807) is 21.3 Å². The molecular weight excluding hydrogens is 160 g/mol. The summed E-state index contributed by atoms with van der Waals surface area (Å²) >= 11 is 0. The van der Waals surface area contributed by atoms with Crippen LogP contribution >= 0.6 is 0 Å². The fourth-order valence-corrected chi connectivity index (χ4v) is 3.06. The third kappa shape index (κ3) is 1.24. The molecule has 1 aliphatic rings. The van der Waals surface area contributed by atoms with Crippen LogP contribution in [0.15, 0.2) is 23.2 Å².